The second-order valence-electron chi connectivity index (χ2n) is 4.76. The SMILES string of the molecule is Oc1cnc(Cl)c2cc(Oc3ccc4c(c3)OCO4)ccc12. The average molecular weight is 316 g/mol. The monoisotopic (exact) mass is 315 g/mol. The van der Waals surface area contributed by atoms with Crippen LogP contribution in [0.5, 0.6) is 28.7 Å². The van der Waals surface area contributed by atoms with Crippen molar-refractivity contribution < 1.29 is 19.3 Å². The number of pyridine rings is 1. The Morgan fingerprint density at radius 3 is 2.68 bits per heavy atom. The number of rotatable bonds is 2. The molecule has 4 rings (SSSR count). The fourth-order valence-electron chi connectivity index (χ4n) is 2.31. The Balaban J connectivity index is 1.71. The third kappa shape index (κ3) is 2.16. The molecular weight excluding hydrogens is 306 g/mol. The van der Waals surface area contributed by atoms with E-state index >= 15 is 0 Å². The van der Waals surface area contributed by atoms with Gasteiger partial charge in [0.05, 0.1) is 6.20 Å². The number of halogens is 1. The molecular formula is C16H10ClNO4. The van der Waals surface area contributed by atoms with Gasteiger partial charge >= 0.3 is 0 Å². The van der Waals surface area contributed by atoms with E-state index in [0.29, 0.717) is 38.9 Å². The highest BCUT2D eigenvalue weighted by atomic mass is 35.5. The molecule has 0 aliphatic carbocycles. The topological polar surface area (TPSA) is 60.8 Å². The predicted octanol–water partition coefficient (Wildman–Crippen LogP) is 4.11. The van der Waals surface area contributed by atoms with Crippen LogP contribution in [0.15, 0.2) is 42.6 Å². The van der Waals surface area contributed by atoms with E-state index in [1.54, 1.807) is 36.4 Å². The molecule has 22 heavy (non-hydrogen) atoms. The van der Waals surface area contributed by atoms with E-state index in [1.165, 1.54) is 6.20 Å². The normalized spacial score (nSPS) is 12.6. The first-order chi connectivity index (χ1) is 10.7. The molecule has 0 fully saturated rings. The Morgan fingerprint density at radius 1 is 1.00 bits per heavy atom. The maximum absolute atomic E-state index is 9.79. The van der Waals surface area contributed by atoms with Crippen LogP contribution in [0.25, 0.3) is 10.8 Å². The molecule has 0 saturated carbocycles. The number of benzene rings is 2. The molecule has 0 unspecified atom stereocenters. The van der Waals surface area contributed by atoms with Crippen LogP contribution in [0, 0.1) is 0 Å². The minimum Gasteiger partial charge on any atom is -0.506 e. The van der Waals surface area contributed by atoms with Crippen LogP contribution >= 0.6 is 11.6 Å². The molecule has 0 bridgehead atoms. The zero-order valence-corrected chi connectivity index (χ0v) is 12.0. The van der Waals surface area contributed by atoms with Crippen LogP contribution in [0.3, 0.4) is 0 Å². The first-order valence-electron chi connectivity index (χ1n) is 6.55. The van der Waals surface area contributed by atoms with Gasteiger partial charge in [-0.15, -0.1) is 0 Å². The molecule has 0 atom stereocenters. The van der Waals surface area contributed by atoms with Gasteiger partial charge in [-0.25, -0.2) is 4.98 Å². The van der Waals surface area contributed by atoms with Gasteiger partial charge in [-0.3, -0.25) is 0 Å². The molecule has 2 heterocycles. The second kappa shape index (κ2) is 4.96. The highest BCUT2D eigenvalue weighted by Gasteiger charge is 2.14. The van der Waals surface area contributed by atoms with Gasteiger partial charge < -0.3 is 19.3 Å². The minimum atomic E-state index is 0.0778. The molecule has 110 valence electrons. The van der Waals surface area contributed by atoms with Crippen molar-refractivity contribution in [2.45, 2.75) is 0 Å². The predicted molar refractivity (Wildman–Crippen MR) is 81.1 cm³/mol. The second-order valence-corrected chi connectivity index (χ2v) is 5.12. The molecule has 1 aliphatic heterocycles. The zero-order valence-electron chi connectivity index (χ0n) is 11.2. The molecule has 6 heteroatoms. The lowest BCUT2D eigenvalue weighted by Crippen LogP contribution is -1.92. The van der Waals surface area contributed by atoms with E-state index in [2.05, 4.69) is 4.98 Å². The Morgan fingerprint density at radius 2 is 1.77 bits per heavy atom. The maximum Gasteiger partial charge on any atom is 0.231 e. The third-order valence-corrected chi connectivity index (χ3v) is 3.67. The van der Waals surface area contributed by atoms with Crippen LogP contribution in [0.1, 0.15) is 0 Å². The Bertz CT molecular complexity index is 881. The molecule has 1 N–H and O–H groups in total. The minimum absolute atomic E-state index is 0.0778. The maximum atomic E-state index is 9.79. The largest absolute Gasteiger partial charge is 0.506 e. The first-order valence-corrected chi connectivity index (χ1v) is 6.93. The highest BCUT2D eigenvalue weighted by molar-refractivity contribution is 6.34. The van der Waals surface area contributed by atoms with E-state index in [4.69, 9.17) is 25.8 Å². The van der Waals surface area contributed by atoms with Gasteiger partial charge in [0, 0.05) is 16.8 Å². The van der Waals surface area contributed by atoms with Crippen molar-refractivity contribution in [3.63, 3.8) is 0 Å². The van der Waals surface area contributed by atoms with Gasteiger partial charge in [0.2, 0.25) is 6.79 Å². The van der Waals surface area contributed by atoms with Gasteiger partial charge in [0.15, 0.2) is 11.5 Å². The molecule has 5 nitrogen and oxygen atoms in total. The Labute approximate surface area is 130 Å². The lowest BCUT2D eigenvalue weighted by molar-refractivity contribution is 0.174. The van der Waals surface area contributed by atoms with Crippen molar-refractivity contribution in [2.24, 2.45) is 0 Å². The summed E-state index contributed by atoms with van der Waals surface area (Å²) in [7, 11) is 0. The number of hydrogen-bond donors (Lipinski definition) is 1. The summed E-state index contributed by atoms with van der Waals surface area (Å²) >= 11 is 6.07. The van der Waals surface area contributed by atoms with Crippen molar-refractivity contribution in [1.29, 1.82) is 0 Å². The van der Waals surface area contributed by atoms with Crippen LogP contribution < -0.4 is 14.2 Å². The van der Waals surface area contributed by atoms with Crippen molar-refractivity contribution in [3.05, 3.63) is 47.7 Å². The standard InChI is InChI=1S/C16H10ClNO4/c17-16-12-5-9(1-3-11(12)13(19)7-18-16)22-10-2-4-14-15(6-10)21-8-20-14/h1-7,19H,8H2. The van der Waals surface area contributed by atoms with Crippen LogP contribution in [-0.4, -0.2) is 16.9 Å². The van der Waals surface area contributed by atoms with E-state index in [9.17, 15) is 5.11 Å². The molecule has 1 aliphatic rings. The molecule has 0 spiro atoms. The van der Waals surface area contributed by atoms with E-state index in [1.807, 2.05) is 0 Å². The fraction of sp³-hybridized carbons (Fsp3) is 0.0625. The number of aromatic nitrogens is 1. The first kappa shape index (κ1) is 13.0. The van der Waals surface area contributed by atoms with Crippen molar-refractivity contribution in [2.75, 3.05) is 6.79 Å². The van der Waals surface area contributed by atoms with E-state index in [-0.39, 0.29) is 12.5 Å². The molecule has 1 aromatic heterocycles. The van der Waals surface area contributed by atoms with Crippen molar-refractivity contribution >= 4 is 22.4 Å². The molecule has 0 radical (unpaired) electrons. The van der Waals surface area contributed by atoms with Gasteiger partial charge in [-0.05, 0) is 30.3 Å². The van der Waals surface area contributed by atoms with Crippen molar-refractivity contribution in [3.8, 4) is 28.7 Å². The lowest BCUT2D eigenvalue weighted by Gasteiger charge is -2.09. The number of aromatic hydroxyl groups is 1. The molecule has 3 aromatic rings. The summed E-state index contributed by atoms with van der Waals surface area (Å²) < 4.78 is 16.4. The summed E-state index contributed by atoms with van der Waals surface area (Å²) in [5.74, 6) is 2.63. The van der Waals surface area contributed by atoms with Crippen LogP contribution in [-0.2, 0) is 0 Å². The van der Waals surface area contributed by atoms with Crippen LogP contribution in [0.4, 0.5) is 0 Å². The zero-order chi connectivity index (χ0) is 15.1. The number of ether oxygens (including phenoxy) is 3. The summed E-state index contributed by atoms with van der Waals surface area (Å²) in [5.41, 5.74) is 0. The molecule has 0 saturated heterocycles. The molecule has 0 amide bonds. The summed E-state index contributed by atoms with van der Waals surface area (Å²) in [6.07, 6.45) is 1.32. The Hall–Kier alpha value is -2.66. The summed E-state index contributed by atoms with van der Waals surface area (Å²) in [5, 5.41) is 11.3. The van der Waals surface area contributed by atoms with Gasteiger partial charge in [-0.2, -0.15) is 0 Å². The summed E-state index contributed by atoms with van der Waals surface area (Å²) in [6, 6.07) is 10.6. The quantitative estimate of drug-likeness (QED) is 0.721. The van der Waals surface area contributed by atoms with E-state index in [0.717, 1.165) is 0 Å². The number of nitrogens with zero attached hydrogens (tertiary/aromatic N) is 1. The highest BCUT2D eigenvalue weighted by Crippen LogP contribution is 2.38. The summed E-state index contributed by atoms with van der Waals surface area (Å²) in [4.78, 5) is 3.93. The Kier molecular flexibility index (Phi) is 2.94. The smallest absolute Gasteiger partial charge is 0.231 e. The van der Waals surface area contributed by atoms with Crippen LogP contribution in [0.2, 0.25) is 5.15 Å². The van der Waals surface area contributed by atoms with Gasteiger partial charge in [0.25, 0.3) is 0 Å². The third-order valence-electron chi connectivity index (χ3n) is 3.37. The summed E-state index contributed by atoms with van der Waals surface area (Å²) in [6.45, 7) is 0.218. The van der Waals surface area contributed by atoms with Gasteiger partial charge in [0.1, 0.15) is 22.4 Å². The lowest BCUT2D eigenvalue weighted by atomic mass is 10.1. The average Bonchev–Trinajstić information content (AvgIpc) is 2.99. The molecule has 2 aromatic carbocycles. The van der Waals surface area contributed by atoms with Crippen molar-refractivity contribution in [1.82, 2.24) is 4.98 Å². The van der Waals surface area contributed by atoms with Gasteiger partial charge in [-0.1, -0.05) is 11.6 Å². The van der Waals surface area contributed by atoms with E-state index < -0.39 is 0 Å². The fourth-order valence-corrected chi connectivity index (χ4v) is 2.52. The number of hydrogen-bond acceptors (Lipinski definition) is 5. The number of fused-ring (bicyclic) bond motifs is 2.